The first kappa shape index (κ1) is 15.3. The van der Waals surface area contributed by atoms with Gasteiger partial charge in [-0.25, -0.2) is 9.50 Å². The average molecular weight is 290 g/mol. The number of fused-ring (bicyclic) bond motifs is 1. The maximum atomic E-state index is 11.0. The van der Waals surface area contributed by atoms with E-state index in [4.69, 9.17) is 5.11 Å². The molecule has 2 aromatic rings. The molecule has 1 atom stereocenters. The van der Waals surface area contributed by atoms with E-state index >= 15 is 0 Å². The first-order valence-corrected chi connectivity index (χ1v) is 7.26. The summed E-state index contributed by atoms with van der Waals surface area (Å²) in [6, 6.07) is 1.91. The monoisotopic (exact) mass is 290 g/mol. The van der Waals surface area contributed by atoms with Gasteiger partial charge < -0.3 is 10.0 Å². The molecular weight excluding hydrogens is 268 g/mol. The number of anilines is 1. The van der Waals surface area contributed by atoms with E-state index in [9.17, 15) is 4.79 Å². The van der Waals surface area contributed by atoms with Crippen molar-refractivity contribution in [3.8, 4) is 0 Å². The van der Waals surface area contributed by atoms with Crippen LogP contribution in [0.4, 0.5) is 5.82 Å². The molecular formula is C15H22N4O2. The zero-order valence-electron chi connectivity index (χ0n) is 12.9. The molecule has 0 aliphatic carbocycles. The molecule has 0 aliphatic rings. The Hall–Kier alpha value is -2.11. The van der Waals surface area contributed by atoms with Gasteiger partial charge >= 0.3 is 5.97 Å². The van der Waals surface area contributed by atoms with Crippen molar-refractivity contribution < 1.29 is 9.90 Å². The number of hydrogen-bond acceptors (Lipinski definition) is 4. The molecule has 0 aromatic carbocycles. The molecule has 0 fully saturated rings. The van der Waals surface area contributed by atoms with Gasteiger partial charge in [-0.05, 0) is 25.8 Å². The summed E-state index contributed by atoms with van der Waals surface area (Å²) in [4.78, 5) is 17.4. The standard InChI is InChI=1S/C15H22N4O2/c1-5-18(11(4)8-14(20)21)15-13-9-12(10(2)3)17-19(13)7-6-16-15/h6-7,9-11H,5,8H2,1-4H3,(H,20,21). The lowest BCUT2D eigenvalue weighted by Gasteiger charge is -2.28. The number of carboxylic acids is 1. The predicted molar refractivity (Wildman–Crippen MR) is 81.8 cm³/mol. The summed E-state index contributed by atoms with van der Waals surface area (Å²) >= 11 is 0. The summed E-state index contributed by atoms with van der Waals surface area (Å²) in [6.07, 6.45) is 3.61. The summed E-state index contributed by atoms with van der Waals surface area (Å²) in [7, 11) is 0. The first-order valence-electron chi connectivity index (χ1n) is 7.26. The van der Waals surface area contributed by atoms with Crippen LogP contribution in [0.25, 0.3) is 5.52 Å². The lowest BCUT2D eigenvalue weighted by Crippen LogP contribution is -2.35. The zero-order chi connectivity index (χ0) is 15.6. The largest absolute Gasteiger partial charge is 0.481 e. The molecule has 6 nitrogen and oxygen atoms in total. The second-order valence-corrected chi connectivity index (χ2v) is 5.54. The number of aliphatic carboxylic acids is 1. The third-order valence-corrected chi connectivity index (χ3v) is 3.59. The Kier molecular flexibility index (Phi) is 4.45. The molecule has 0 bridgehead atoms. The summed E-state index contributed by atoms with van der Waals surface area (Å²) < 4.78 is 1.81. The first-order chi connectivity index (χ1) is 9.93. The Morgan fingerprint density at radius 2 is 2.14 bits per heavy atom. The van der Waals surface area contributed by atoms with Gasteiger partial charge in [-0.1, -0.05) is 13.8 Å². The van der Waals surface area contributed by atoms with Gasteiger partial charge in [-0.3, -0.25) is 4.79 Å². The number of carboxylic acid groups (broad SMARTS) is 1. The molecule has 114 valence electrons. The zero-order valence-corrected chi connectivity index (χ0v) is 12.9. The number of hydrogen-bond donors (Lipinski definition) is 1. The van der Waals surface area contributed by atoms with Crippen LogP contribution in [0.15, 0.2) is 18.5 Å². The Balaban J connectivity index is 2.45. The lowest BCUT2D eigenvalue weighted by atomic mass is 10.1. The minimum atomic E-state index is -0.802. The summed E-state index contributed by atoms with van der Waals surface area (Å²) in [6.45, 7) is 8.80. The van der Waals surface area contributed by atoms with E-state index in [-0.39, 0.29) is 12.5 Å². The summed E-state index contributed by atoms with van der Waals surface area (Å²) in [5, 5.41) is 13.5. The molecule has 2 heterocycles. The predicted octanol–water partition coefficient (Wildman–Crippen LogP) is 2.54. The van der Waals surface area contributed by atoms with E-state index in [0.717, 1.165) is 17.0 Å². The van der Waals surface area contributed by atoms with Crippen LogP contribution in [-0.4, -0.2) is 38.3 Å². The molecule has 0 amide bonds. The number of nitrogens with zero attached hydrogens (tertiary/aromatic N) is 4. The molecule has 21 heavy (non-hydrogen) atoms. The maximum absolute atomic E-state index is 11.0. The molecule has 6 heteroatoms. The van der Waals surface area contributed by atoms with Gasteiger partial charge in [0.15, 0.2) is 5.82 Å². The molecule has 1 N–H and O–H groups in total. The van der Waals surface area contributed by atoms with Crippen LogP contribution in [-0.2, 0) is 4.79 Å². The van der Waals surface area contributed by atoms with Crippen LogP contribution in [0.3, 0.4) is 0 Å². The van der Waals surface area contributed by atoms with E-state index in [2.05, 4.69) is 23.9 Å². The second kappa shape index (κ2) is 6.11. The Labute approximate surface area is 124 Å². The van der Waals surface area contributed by atoms with Crippen LogP contribution >= 0.6 is 0 Å². The molecule has 1 unspecified atom stereocenters. The fraction of sp³-hybridized carbons (Fsp3) is 0.533. The van der Waals surface area contributed by atoms with Gasteiger partial charge in [0.25, 0.3) is 0 Å². The molecule has 2 aromatic heterocycles. The van der Waals surface area contributed by atoms with Crippen molar-refractivity contribution in [3.05, 3.63) is 24.2 Å². The highest BCUT2D eigenvalue weighted by Crippen LogP contribution is 2.24. The Morgan fingerprint density at radius 1 is 1.43 bits per heavy atom. The highest BCUT2D eigenvalue weighted by Gasteiger charge is 2.20. The van der Waals surface area contributed by atoms with Gasteiger partial charge in [0.1, 0.15) is 5.52 Å². The number of aromatic nitrogens is 3. The van der Waals surface area contributed by atoms with Crippen molar-refractivity contribution in [3.63, 3.8) is 0 Å². The maximum Gasteiger partial charge on any atom is 0.305 e. The Bertz CT molecular complexity index is 636. The highest BCUT2D eigenvalue weighted by atomic mass is 16.4. The highest BCUT2D eigenvalue weighted by molar-refractivity contribution is 5.72. The van der Waals surface area contributed by atoms with Gasteiger partial charge in [-0.2, -0.15) is 5.10 Å². The molecule has 0 saturated heterocycles. The SMILES string of the molecule is CCN(c1nccn2nc(C(C)C)cc12)C(C)CC(=O)O. The van der Waals surface area contributed by atoms with Crippen LogP contribution in [0.2, 0.25) is 0 Å². The van der Waals surface area contributed by atoms with E-state index in [1.165, 1.54) is 0 Å². The number of rotatable bonds is 6. The van der Waals surface area contributed by atoms with E-state index in [0.29, 0.717) is 12.5 Å². The van der Waals surface area contributed by atoms with E-state index < -0.39 is 5.97 Å². The normalized spacial score (nSPS) is 12.8. The topological polar surface area (TPSA) is 70.7 Å². The lowest BCUT2D eigenvalue weighted by molar-refractivity contribution is -0.137. The van der Waals surface area contributed by atoms with E-state index in [1.54, 1.807) is 6.20 Å². The van der Waals surface area contributed by atoms with Crippen LogP contribution in [0.1, 0.15) is 45.7 Å². The Morgan fingerprint density at radius 3 is 2.71 bits per heavy atom. The third kappa shape index (κ3) is 3.15. The summed E-state index contributed by atoms with van der Waals surface area (Å²) in [5.41, 5.74) is 1.92. The quantitative estimate of drug-likeness (QED) is 0.885. The van der Waals surface area contributed by atoms with Gasteiger partial charge in [0, 0.05) is 25.0 Å². The minimum Gasteiger partial charge on any atom is -0.481 e. The fourth-order valence-corrected chi connectivity index (χ4v) is 2.46. The molecule has 0 saturated carbocycles. The fourth-order valence-electron chi connectivity index (χ4n) is 2.46. The van der Waals surface area contributed by atoms with Crippen molar-refractivity contribution in [1.29, 1.82) is 0 Å². The van der Waals surface area contributed by atoms with Gasteiger partial charge in [-0.15, -0.1) is 0 Å². The van der Waals surface area contributed by atoms with Crippen LogP contribution in [0, 0.1) is 0 Å². The second-order valence-electron chi connectivity index (χ2n) is 5.54. The number of carbonyl (C=O) groups is 1. The van der Waals surface area contributed by atoms with Crippen molar-refractivity contribution in [2.75, 3.05) is 11.4 Å². The van der Waals surface area contributed by atoms with E-state index in [1.807, 2.05) is 35.5 Å². The molecule has 0 radical (unpaired) electrons. The van der Waals surface area contributed by atoms with Crippen LogP contribution < -0.4 is 4.90 Å². The van der Waals surface area contributed by atoms with Crippen molar-refractivity contribution >= 4 is 17.3 Å². The van der Waals surface area contributed by atoms with Crippen LogP contribution in [0.5, 0.6) is 0 Å². The molecule has 0 aliphatic heterocycles. The van der Waals surface area contributed by atoms with Crippen molar-refractivity contribution in [2.45, 2.75) is 46.1 Å². The molecule has 2 rings (SSSR count). The minimum absolute atomic E-state index is 0.0851. The third-order valence-electron chi connectivity index (χ3n) is 3.59. The van der Waals surface area contributed by atoms with Gasteiger partial charge in [0.05, 0.1) is 12.1 Å². The van der Waals surface area contributed by atoms with Gasteiger partial charge in [0.2, 0.25) is 0 Å². The van der Waals surface area contributed by atoms with Crippen molar-refractivity contribution in [1.82, 2.24) is 14.6 Å². The molecule has 0 spiro atoms. The average Bonchev–Trinajstić information content (AvgIpc) is 2.83. The van der Waals surface area contributed by atoms with Crippen molar-refractivity contribution in [2.24, 2.45) is 0 Å². The smallest absolute Gasteiger partial charge is 0.305 e. The summed E-state index contributed by atoms with van der Waals surface area (Å²) in [5.74, 6) is 0.321.